The molecule has 2 aliphatic heterocycles. The summed E-state index contributed by atoms with van der Waals surface area (Å²) < 4.78 is 5.18. The van der Waals surface area contributed by atoms with Crippen LogP contribution in [0, 0.1) is 0 Å². The van der Waals surface area contributed by atoms with Crippen LogP contribution in [0.1, 0.15) is 12.0 Å². The number of benzene rings is 1. The highest BCUT2D eigenvalue weighted by Gasteiger charge is 2.56. The maximum Gasteiger partial charge on any atom is 0.324 e. The SMILES string of the molecule is N[C@H]1C[C@]2(OC1=O)C(=O)Nc1ccccc12. The van der Waals surface area contributed by atoms with E-state index in [1.807, 2.05) is 6.07 Å². The van der Waals surface area contributed by atoms with Crippen LogP contribution in [0.3, 0.4) is 0 Å². The third-order valence-corrected chi connectivity index (χ3v) is 3.06. The van der Waals surface area contributed by atoms with Crippen molar-refractivity contribution in [2.45, 2.75) is 18.1 Å². The van der Waals surface area contributed by atoms with Gasteiger partial charge in [-0.2, -0.15) is 0 Å². The van der Waals surface area contributed by atoms with Gasteiger partial charge in [0.2, 0.25) is 5.60 Å². The highest BCUT2D eigenvalue weighted by molar-refractivity contribution is 6.07. The minimum absolute atomic E-state index is 0.203. The number of amides is 1. The maximum absolute atomic E-state index is 11.9. The number of nitrogens with one attached hydrogen (secondary N) is 1. The topological polar surface area (TPSA) is 81.4 Å². The molecule has 5 heteroatoms. The van der Waals surface area contributed by atoms with Gasteiger partial charge in [-0.1, -0.05) is 18.2 Å². The third kappa shape index (κ3) is 0.979. The molecular formula is C11H10N2O3. The van der Waals surface area contributed by atoms with E-state index in [1.54, 1.807) is 18.2 Å². The van der Waals surface area contributed by atoms with E-state index in [0.717, 1.165) is 0 Å². The Morgan fingerprint density at radius 3 is 2.81 bits per heavy atom. The van der Waals surface area contributed by atoms with Crippen molar-refractivity contribution in [3.63, 3.8) is 0 Å². The van der Waals surface area contributed by atoms with Gasteiger partial charge in [-0.3, -0.25) is 9.59 Å². The number of carbonyl (C=O) groups excluding carboxylic acids is 2. The number of anilines is 1. The molecule has 3 rings (SSSR count). The molecule has 82 valence electrons. The van der Waals surface area contributed by atoms with Crippen molar-refractivity contribution in [3.05, 3.63) is 29.8 Å². The number of hydrogen-bond donors (Lipinski definition) is 2. The smallest absolute Gasteiger partial charge is 0.324 e. The van der Waals surface area contributed by atoms with Crippen LogP contribution >= 0.6 is 0 Å². The summed E-state index contributed by atoms with van der Waals surface area (Å²) in [6.07, 6.45) is 0.203. The standard InChI is InChI=1S/C11H10N2O3/c12-7-5-11(16-9(7)14)6-3-1-2-4-8(6)13-10(11)15/h1-4,7H,5,12H2,(H,13,15)/t7-,11+/m0/s1. The fourth-order valence-electron chi connectivity index (χ4n) is 2.28. The van der Waals surface area contributed by atoms with Crippen LogP contribution in [0.25, 0.3) is 0 Å². The Kier molecular flexibility index (Phi) is 1.65. The first-order chi connectivity index (χ1) is 7.63. The first-order valence-corrected chi connectivity index (χ1v) is 5.03. The zero-order valence-electron chi connectivity index (χ0n) is 8.40. The number of fused-ring (bicyclic) bond motifs is 2. The molecule has 2 heterocycles. The molecular weight excluding hydrogens is 208 g/mol. The highest BCUT2D eigenvalue weighted by atomic mass is 16.6. The zero-order chi connectivity index (χ0) is 11.3. The molecule has 2 atom stereocenters. The first kappa shape index (κ1) is 9.35. The van der Waals surface area contributed by atoms with Crippen molar-refractivity contribution in [1.82, 2.24) is 0 Å². The van der Waals surface area contributed by atoms with E-state index in [2.05, 4.69) is 5.32 Å². The lowest BCUT2D eigenvalue weighted by molar-refractivity contribution is -0.156. The van der Waals surface area contributed by atoms with Gasteiger partial charge >= 0.3 is 5.97 Å². The monoisotopic (exact) mass is 218 g/mol. The first-order valence-electron chi connectivity index (χ1n) is 5.03. The van der Waals surface area contributed by atoms with Gasteiger partial charge in [0.05, 0.1) is 0 Å². The molecule has 1 fully saturated rings. The molecule has 0 bridgehead atoms. The highest BCUT2D eigenvalue weighted by Crippen LogP contribution is 2.45. The van der Waals surface area contributed by atoms with E-state index in [0.29, 0.717) is 11.3 Å². The zero-order valence-corrected chi connectivity index (χ0v) is 8.40. The average molecular weight is 218 g/mol. The van der Waals surface area contributed by atoms with E-state index in [1.165, 1.54) is 0 Å². The van der Waals surface area contributed by atoms with Gasteiger partial charge in [-0.25, -0.2) is 0 Å². The average Bonchev–Trinajstić information content (AvgIpc) is 2.69. The van der Waals surface area contributed by atoms with E-state index < -0.39 is 17.6 Å². The fraction of sp³-hybridized carbons (Fsp3) is 0.273. The largest absolute Gasteiger partial charge is 0.443 e. The van der Waals surface area contributed by atoms with Crippen LogP contribution in [0.2, 0.25) is 0 Å². The van der Waals surface area contributed by atoms with Gasteiger partial charge in [-0.15, -0.1) is 0 Å². The van der Waals surface area contributed by atoms with Crippen LogP contribution in [-0.4, -0.2) is 17.9 Å². The number of esters is 1. The summed E-state index contributed by atoms with van der Waals surface area (Å²) in [4.78, 5) is 23.3. The summed E-state index contributed by atoms with van der Waals surface area (Å²) in [5, 5.41) is 2.70. The Morgan fingerprint density at radius 1 is 1.38 bits per heavy atom. The molecule has 1 aromatic carbocycles. The Bertz CT molecular complexity index is 500. The minimum Gasteiger partial charge on any atom is -0.443 e. The van der Waals surface area contributed by atoms with Gasteiger partial charge in [0.15, 0.2) is 0 Å². The number of carbonyl (C=O) groups is 2. The minimum atomic E-state index is -1.20. The summed E-state index contributed by atoms with van der Waals surface area (Å²) in [7, 11) is 0. The van der Waals surface area contributed by atoms with Gasteiger partial charge in [0, 0.05) is 17.7 Å². The van der Waals surface area contributed by atoms with E-state index in [4.69, 9.17) is 10.5 Å². The lowest BCUT2D eigenvalue weighted by Gasteiger charge is -2.19. The van der Waals surface area contributed by atoms with Gasteiger partial charge < -0.3 is 15.8 Å². The van der Waals surface area contributed by atoms with Crippen LogP contribution in [0.5, 0.6) is 0 Å². The fourth-order valence-corrected chi connectivity index (χ4v) is 2.28. The van der Waals surface area contributed by atoms with Crippen LogP contribution < -0.4 is 11.1 Å². The van der Waals surface area contributed by atoms with E-state index in [-0.39, 0.29) is 12.3 Å². The van der Waals surface area contributed by atoms with Gasteiger partial charge in [-0.05, 0) is 6.07 Å². The third-order valence-electron chi connectivity index (χ3n) is 3.06. The van der Waals surface area contributed by atoms with Crippen LogP contribution in [-0.2, 0) is 19.9 Å². The molecule has 0 unspecified atom stereocenters. The quantitative estimate of drug-likeness (QED) is 0.605. The molecule has 1 amide bonds. The van der Waals surface area contributed by atoms with Crippen LogP contribution in [0.15, 0.2) is 24.3 Å². The lowest BCUT2D eigenvalue weighted by atomic mass is 9.91. The van der Waals surface area contributed by atoms with Crippen molar-refractivity contribution in [2.75, 3.05) is 5.32 Å². The molecule has 0 aromatic heterocycles. The van der Waals surface area contributed by atoms with Crippen molar-refractivity contribution in [3.8, 4) is 0 Å². The van der Waals surface area contributed by atoms with Gasteiger partial charge in [0.25, 0.3) is 5.91 Å². The Hall–Kier alpha value is -1.88. The Labute approximate surface area is 91.6 Å². The molecule has 1 spiro atoms. The van der Waals surface area contributed by atoms with Crippen molar-refractivity contribution in [1.29, 1.82) is 0 Å². The Morgan fingerprint density at radius 2 is 2.12 bits per heavy atom. The number of ether oxygens (including phenoxy) is 1. The molecule has 1 aromatic rings. The molecule has 0 aliphatic carbocycles. The van der Waals surface area contributed by atoms with E-state index >= 15 is 0 Å². The predicted octanol–water partition coefficient (Wildman–Crippen LogP) is 0.108. The summed E-state index contributed by atoms with van der Waals surface area (Å²) in [5.41, 5.74) is 5.78. The number of para-hydroxylation sites is 1. The van der Waals surface area contributed by atoms with E-state index in [9.17, 15) is 9.59 Å². The van der Waals surface area contributed by atoms with Crippen molar-refractivity contribution < 1.29 is 14.3 Å². The number of nitrogens with two attached hydrogens (primary N) is 1. The number of rotatable bonds is 0. The molecule has 0 saturated carbocycles. The number of hydrogen-bond acceptors (Lipinski definition) is 4. The molecule has 5 nitrogen and oxygen atoms in total. The second-order valence-corrected chi connectivity index (χ2v) is 4.06. The lowest BCUT2D eigenvalue weighted by Crippen LogP contribution is -2.34. The molecule has 3 N–H and O–H groups in total. The molecule has 16 heavy (non-hydrogen) atoms. The van der Waals surface area contributed by atoms with Crippen molar-refractivity contribution in [2.24, 2.45) is 5.73 Å². The van der Waals surface area contributed by atoms with Crippen LogP contribution in [0.4, 0.5) is 5.69 Å². The summed E-state index contributed by atoms with van der Waals surface area (Å²) in [6.45, 7) is 0. The normalized spacial score (nSPS) is 31.4. The summed E-state index contributed by atoms with van der Waals surface area (Å²) in [6, 6.07) is 6.45. The van der Waals surface area contributed by atoms with Gasteiger partial charge in [0.1, 0.15) is 6.04 Å². The summed E-state index contributed by atoms with van der Waals surface area (Å²) >= 11 is 0. The second kappa shape index (κ2) is 2.82. The summed E-state index contributed by atoms with van der Waals surface area (Å²) in [5.74, 6) is -0.832. The molecule has 1 saturated heterocycles. The Balaban J connectivity index is 2.15. The van der Waals surface area contributed by atoms with Crippen molar-refractivity contribution >= 4 is 17.6 Å². The maximum atomic E-state index is 11.9. The molecule has 2 aliphatic rings. The second-order valence-electron chi connectivity index (χ2n) is 4.06. The molecule has 0 radical (unpaired) electrons. The predicted molar refractivity (Wildman–Crippen MR) is 55.4 cm³/mol.